The molecule has 1 heterocycles. The van der Waals surface area contributed by atoms with Crippen LogP contribution >= 0.6 is 11.6 Å². The maximum absolute atomic E-state index is 9.16. The molecule has 0 saturated heterocycles. The minimum atomic E-state index is 0.480. The molecule has 0 unspecified atom stereocenters. The smallest absolute Gasteiger partial charge is 0.181 e. The van der Waals surface area contributed by atoms with Crippen molar-refractivity contribution < 1.29 is 0 Å². The average Bonchev–Trinajstić information content (AvgIpc) is 2.97. The number of halogens is 1. The highest BCUT2D eigenvalue weighted by Gasteiger charge is 2.09. The summed E-state index contributed by atoms with van der Waals surface area (Å²) in [6.07, 6.45) is 1.55. The van der Waals surface area contributed by atoms with E-state index < -0.39 is 0 Å². The fourth-order valence-corrected chi connectivity index (χ4v) is 2.10. The SMILES string of the molecule is N#Cc1ccc(Cl)cc1-n1cnc(-c2ccc(N)cc2)n1. The molecular weight excluding hydrogens is 286 g/mol. The molecule has 6 heteroatoms. The van der Waals surface area contributed by atoms with Crippen LogP contribution in [0.5, 0.6) is 0 Å². The quantitative estimate of drug-likeness (QED) is 0.737. The van der Waals surface area contributed by atoms with Gasteiger partial charge in [-0.15, -0.1) is 5.10 Å². The number of benzene rings is 2. The zero-order chi connectivity index (χ0) is 14.8. The predicted molar refractivity (Wildman–Crippen MR) is 80.9 cm³/mol. The van der Waals surface area contributed by atoms with E-state index in [0.29, 0.717) is 27.8 Å². The number of nitrogens with zero attached hydrogens (tertiary/aromatic N) is 4. The van der Waals surface area contributed by atoms with Crippen LogP contribution in [0.2, 0.25) is 5.02 Å². The molecule has 0 aliphatic carbocycles. The number of aromatic nitrogens is 3. The Morgan fingerprint density at radius 3 is 2.62 bits per heavy atom. The van der Waals surface area contributed by atoms with Crippen LogP contribution in [0.3, 0.4) is 0 Å². The van der Waals surface area contributed by atoms with E-state index >= 15 is 0 Å². The standard InChI is InChI=1S/C15H10ClN5/c16-12-4-1-11(8-17)14(7-12)21-9-19-15(20-21)10-2-5-13(18)6-3-10/h1-7,9H,18H2. The number of nitriles is 1. The normalized spacial score (nSPS) is 10.3. The van der Waals surface area contributed by atoms with Gasteiger partial charge in [0.2, 0.25) is 0 Å². The molecule has 0 aliphatic rings. The van der Waals surface area contributed by atoms with Crippen LogP contribution in [-0.2, 0) is 0 Å². The van der Waals surface area contributed by atoms with Crippen molar-refractivity contribution in [2.75, 3.05) is 5.73 Å². The van der Waals surface area contributed by atoms with Crippen LogP contribution in [-0.4, -0.2) is 14.8 Å². The first-order valence-electron chi connectivity index (χ1n) is 6.15. The lowest BCUT2D eigenvalue weighted by molar-refractivity contribution is 0.879. The Hall–Kier alpha value is -2.84. The number of nitrogen functional groups attached to an aromatic ring is 1. The summed E-state index contributed by atoms with van der Waals surface area (Å²) in [5, 5.41) is 14.1. The Balaban J connectivity index is 2.05. The minimum absolute atomic E-state index is 0.480. The van der Waals surface area contributed by atoms with Crippen molar-refractivity contribution in [1.82, 2.24) is 14.8 Å². The van der Waals surface area contributed by atoms with Gasteiger partial charge in [0.1, 0.15) is 12.4 Å². The molecule has 0 amide bonds. The van der Waals surface area contributed by atoms with Crippen molar-refractivity contribution >= 4 is 17.3 Å². The molecule has 2 aromatic carbocycles. The third-order valence-electron chi connectivity index (χ3n) is 2.99. The Kier molecular flexibility index (Phi) is 3.30. The van der Waals surface area contributed by atoms with Gasteiger partial charge < -0.3 is 5.73 Å². The van der Waals surface area contributed by atoms with Gasteiger partial charge >= 0.3 is 0 Å². The summed E-state index contributed by atoms with van der Waals surface area (Å²) in [6, 6.07) is 14.4. The molecule has 0 saturated carbocycles. The summed E-state index contributed by atoms with van der Waals surface area (Å²) in [5.41, 5.74) is 8.27. The predicted octanol–water partition coefficient (Wildman–Crippen LogP) is 3.04. The number of anilines is 1. The first-order chi connectivity index (χ1) is 10.2. The van der Waals surface area contributed by atoms with Crippen molar-refractivity contribution in [3.63, 3.8) is 0 Å². The number of rotatable bonds is 2. The van der Waals surface area contributed by atoms with Gasteiger partial charge in [-0.25, -0.2) is 9.67 Å². The van der Waals surface area contributed by atoms with Gasteiger partial charge in [-0.05, 0) is 42.5 Å². The lowest BCUT2D eigenvalue weighted by Gasteiger charge is -2.03. The molecule has 21 heavy (non-hydrogen) atoms. The third kappa shape index (κ3) is 2.57. The second-order valence-corrected chi connectivity index (χ2v) is 4.84. The molecule has 3 rings (SSSR count). The molecule has 102 valence electrons. The number of hydrogen-bond acceptors (Lipinski definition) is 4. The highest BCUT2D eigenvalue weighted by molar-refractivity contribution is 6.30. The Morgan fingerprint density at radius 2 is 1.90 bits per heavy atom. The second kappa shape index (κ2) is 5.27. The molecule has 0 radical (unpaired) electrons. The van der Waals surface area contributed by atoms with Gasteiger partial charge in [0.05, 0.1) is 11.3 Å². The zero-order valence-electron chi connectivity index (χ0n) is 10.9. The summed E-state index contributed by atoms with van der Waals surface area (Å²) < 4.78 is 1.54. The Bertz CT molecular complexity index is 830. The van der Waals surface area contributed by atoms with Crippen LogP contribution < -0.4 is 5.73 Å². The lowest BCUT2D eigenvalue weighted by atomic mass is 10.2. The molecule has 0 atom stereocenters. The van der Waals surface area contributed by atoms with Crippen LogP contribution in [0.25, 0.3) is 17.1 Å². The van der Waals surface area contributed by atoms with E-state index in [1.54, 1.807) is 36.7 Å². The van der Waals surface area contributed by atoms with E-state index in [2.05, 4.69) is 16.2 Å². The first kappa shape index (κ1) is 13.2. The van der Waals surface area contributed by atoms with Gasteiger partial charge in [0.25, 0.3) is 0 Å². The fourth-order valence-electron chi connectivity index (χ4n) is 1.93. The van der Waals surface area contributed by atoms with Gasteiger partial charge in [-0.2, -0.15) is 5.26 Å². The zero-order valence-corrected chi connectivity index (χ0v) is 11.6. The highest BCUT2D eigenvalue weighted by atomic mass is 35.5. The van der Waals surface area contributed by atoms with E-state index in [1.165, 1.54) is 4.68 Å². The van der Waals surface area contributed by atoms with Crippen molar-refractivity contribution in [3.8, 4) is 23.1 Å². The van der Waals surface area contributed by atoms with Crippen LogP contribution in [0.4, 0.5) is 5.69 Å². The maximum Gasteiger partial charge on any atom is 0.181 e. The molecule has 0 bridgehead atoms. The first-order valence-corrected chi connectivity index (χ1v) is 6.53. The third-order valence-corrected chi connectivity index (χ3v) is 3.22. The molecule has 2 N–H and O–H groups in total. The van der Waals surface area contributed by atoms with Crippen LogP contribution in [0, 0.1) is 11.3 Å². The molecule has 5 nitrogen and oxygen atoms in total. The molecule has 3 aromatic rings. The summed E-state index contributed by atoms with van der Waals surface area (Å²) >= 11 is 5.98. The molecule has 0 fully saturated rings. The maximum atomic E-state index is 9.16. The van der Waals surface area contributed by atoms with Crippen LogP contribution in [0.15, 0.2) is 48.8 Å². The number of hydrogen-bond donors (Lipinski definition) is 1. The molecule has 0 aliphatic heterocycles. The summed E-state index contributed by atoms with van der Waals surface area (Å²) in [6.45, 7) is 0. The lowest BCUT2D eigenvalue weighted by Crippen LogP contribution is -1.98. The number of nitrogens with two attached hydrogens (primary N) is 1. The minimum Gasteiger partial charge on any atom is -0.399 e. The van der Waals surface area contributed by atoms with Crippen molar-refractivity contribution in [2.24, 2.45) is 0 Å². The fraction of sp³-hybridized carbons (Fsp3) is 0. The van der Waals surface area contributed by atoms with Gasteiger partial charge in [-0.1, -0.05) is 11.6 Å². The summed E-state index contributed by atoms with van der Waals surface area (Å²) in [4.78, 5) is 4.26. The topological polar surface area (TPSA) is 80.5 Å². The average molecular weight is 296 g/mol. The van der Waals surface area contributed by atoms with Crippen molar-refractivity contribution in [1.29, 1.82) is 5.26 Å². The summed E-state index contributed by atoms with van der Waals surface area (Å²) in [5.74, 6) is 0.555. The molecular formula is C15H10ClN5. The van der Waals surface area contributed by atoms with E-state index in [0.717, 1.165) is 5.56 Å². The second-order valence-electron chi connectivity index (χ2n) is 4.41. The van der Waals surface area contributed by atoms with Crippen molar-refractivity contribution in [2.45, 2.75) is 0 Å². The molecule has 1 aromatic heterocycles. The van der Waals surface area contributed by atoms with E-state index in [9.17, 15) is 0 Å². The highest BCUT2D eigenvalue weighted by Crippen LogP contribution is 2.21. The van der Waals surface area contributed by atoms with Gasteiger partial charge in [0, 0.05) is 16.3 Å². The Labute approximate surface area is 126 Å². The van der Waals surface area contributed by atoms with Gasteiger partial charge in [-0.3, -0.25) is 0 Å². The monoisotopic (exact) mass is 295 g/mol. The van der Waals surface area contributed by atoms with Crippen LogP contribution in [0.1, 0.15) is 5.56 Å². The summed E-state index contributed by atoms with van der Waals surface area (Å²) in [7, 11) is 0. The molecule has 0 spiro atoms. The Morgan fingerprint density at radius 1 is 1.14 bits per heavy atom. The van der Waals surface area contributed by atoms with Crippen molar-refractivity contribution in [3.05, 3.63) is 59.4 Å². The van der Waals surface area contributed by atoms with E-state index in [1.807, 2.05) is 12.1 Å². The van der Waals surface area contributed by atoms with E-state index in [-0.39, 0.29) is 0 Å². The van der Waals surface area contributed by atoms with E-state index in [4.69, 9.17) is 22.6 Å². The van der Waals surface area contributed by atoms with Gasteiger partial charge in [0.15, 0.2) is 5.82 Å². The largest absolute Gasteiger partial charge is 0.399 e.